The normalized spacial score (nSPS) is 59.1. The second-order valence-electron chi connectivity index (χ2n) is 6.04. The Labute approximate surface area is 101 Å². The van der Waals surface area contributed by atoms with Gasteiger partial charge in [-0.2, -0.15) is 0 Å². The monoisotopic (exact) mass is 238 g/mol. The molecule has 2 aliphatic heterocycles. The Morgan fingerprint density at radius 2 is 2.24 bits per heavy atom. The molecule has 0 aromatic heterocycles. The van der Waals surface area contributed by atoms with Crippen molar-refractivity contribution in [1.29, 1.82) is 0 Å². The zero-order valence-electron chi connectivity index (χ0n) is 10.3. The molecule has 4 heteroatoms. The summed E-state index contributed by atoms with van der Waals surface area (Å²) in [6.45, 7) is 4.78. The Morgan fingerprint density at radius 3 is 2.94 bits per heavy atom. The van der Waals surface area contributed by atoms with E-state index in [1.165, 1.54) is 0 Å². The highest BCUT2D eigenvalue weighted by molar-refractivity contribution is 5.91. The van der Waals surface area contributed by atoms with Gasteiger partial charge in [-0.15, -0.1) is 0 Å². The summed E-state index contributed by atoms with van der Waals surface area (Å²) in [5.41, 5.74) is -0.520. The summed E-state index contributed by atoms with van der Waals surface area (Å²) in [4.78, 5) is 12.0. The number of hydrogen-bond acceptors (Lipinski definition) is 4. The van der Waals surface area contributed by atoms with Gasteiger partial charge >= 0.3 is 0 Å². The van der Waals surface area contributed by atoms with Gasteiger partial charge in [-0.25, -0.2) is 0 Å². The molecule has 4 rings (SSSR count). The molecule has 0 aromatic rings. The zero-order valence-corrected chi connectivity index (χ0v) is 10.3. The third-order valence-electron chi connectivity index (χ3n) is 5.54. The lowest BCUT2D eigenvalue weighted by Gasteiger charge is -2.56. The van der Waals surface area contributed by atoms with Crippen LogP contribution in [0.2, 0.25) is 0 Å². The lowest BCUT2D eigenvalue weighted by molar-refractivity contribution is -0.289. The molecule has 4 aliphatic rings. The summed E-state index contributed by atoms with van der Waals surface area (Å²) in [7, 11) is 0. The van der Waals surface area contributed by atoms with Crippen molar-refractivity contribution in [2.24, 2.45) is 5.41 Å². The summed E-state index contributed by atoms with van der Waals surface area (Å²) < 4.78 is 17.7. The van der Waals surface area contributed by atoms with Crippen molar-refractivity contribution in [1.82, 2.24) is 0 Å². The molecular weight excluding hydrogens is 220 g/mol. The van der Waals surface area contributed by atoms with Crippen LogP contribution in [-0.4, -0.2) is 36.0 Å². The van der Waals surface area contributed by atoms with E-state index in [1.807, 2.05) is 6.92 Å². The van der Waals surface area contributed by atoms with Gasteiger partial charge in [-0.05, 0) is 26.7 Å². The molecule has 2 saturated heterocycles. The van der Waals surface area contributed by atoms with Crippen molar-refractivity contribution >= 4 is 5.78 Å². The molecule has 0 N–H and O–H groups in total. The van der Waals surface area contributed by atoms with Gasteiger partial charge in [0.1, 0.15) is 6.10 Å². The van der Waals surface area contributed by atoms with E-state index in [4.69, 9.17) is 14.2 Å². The van der Waals surface area contributed by atoms with E-state index in [-0.39, 0.29) is 34.8 Å². The van der Waals surface area contributed by atoms with E-state index in [2.05, 4.69) is 6.92 Å². The number of hydrogen-bond donors (Lipinski definition) is 0. The van der Waals surface area contributed by atoms with Crippen molar-refractivity contribution in [2.75, 3.05) is 6.61 Å². The molecule has 94 valence electrons. The summed E-state index contributed by atoms with van der Waals surface area (Å²) >= 11 is 0. The van der Waals surface area contributed by atoms with Crippen LogP contribution in [0.1, 0.15) is 39.5 Å². The van der Waals surface area contributed by atoms with Crippen molar-refractivity contribution in [3.8, 4) is 0 Å². The Morgan fingerprint density at radius 1 is 1.41 bits per heavy atom. The second-order valence-corrected chi connectivity index (χ2v) is 6.04. The lowest BCUT2D eigenvalue weighted by Crippen LogP contribution is -2.67. The SMILES string of the molecule is CCOC1CC23[C@H]4O[C@]2(C)CC[C@@]3(CC4=O)O1. The first-order valence-corrected chi connectivity index (χ1v) is 6.57. The molecule has 4 fully saturated rings. The van der Waals surface area contributed by atoms with Crippen LogP contribution in [0, 0.1) is 5.41 Å². The van der Waals surface area contributed by atoms with Crippen molar-refractivity contribution in [3.63, 3.8) is 0 Å². The summed E-state index contributed by atoms with van der Waals surface area (Å²) in [6, 6.07) is 0. The lowest BCUT2D eigenvalue weighted by atomic mass is 9.62. The van der Waals surface area contributed by atoms with E-state index < -0.39 is 0 Å². The van der Waals surface area contributed by atoms with Crippen LogP contribution in [0.3, 0.4) is 0 Å². The zero-order chi connectivity index (χ0) is 11.9. The number of Topliss-reactive ketones (excluding diaryl/α,β-unsaturated/α-hetero) is 1. The summed E-state index contributed by atoms with van der Waals surface area (Å²) in [5, 5.41) is 0. The molecule has 0 bridgehead atoms. The van der Waals surface area contributed by atoms with Gasteiger partial charge in [-0.3, -0.25) is 4.79 Å². The molecule has 0 amide bonds. The smallest absolute Gasteiger partial charge is 0.165 e. The van der Waals surface area contributed by atoms with Crippen LogP contribution in [-0.2, 0) is 19.0 Å². The van der Waals surface area contributed by atoms with E-state index >= 15 is 0 Å². The quantitative estimate of drug-likeness (QED) is 0.730. The Balaban J connectivity index is 1.77. The molecular formula is C13H18O4. The number of ether oxygens (including phenoxy) is 3. The average Bonchev–Trinajstić information content (AvgIpc) is 2.73. The topological polar surface area (TPSA) is 44.8 Å². The first kappa shape index (κ1) is 10.5. The van der Waals surface area contributed by atoms with Crippen LogP contribution >= 0.6 is 0 Å². The molecule has 0 aromatic carbocycles. The number of carbonyl (C=O) groups excluding carboxylic acids is 1. The molecule has 17 heavy (non-hydrogen) atoms. The highest BCUT2D eigenvalue weighted by Gasteiger charge is 2.86. The fourth-order valence-corrected chi connectivity index (χ4v) is 4.86. The van der Waals surface area contributed by atoms with Crippen LogP contribution in [0.5, 0.6) is 0 Å². The third-order valence-corrected chi connectivity index (χ3v) is 5.54. The second kappa shape index (κ2) is 2.76. The highest BCUT2D eigenvalue weighted by Crippen LogP contribution is 2.75. The number of carbonyl (C=O) groups is 1. The largest absolute Gasteiger partial charge is 0.363 e. The van der Waals surface area contributed by atoms with Crippen LogP contribution in [0.25, 0.3) is 0 Å². The van der Waals surface area contributed by atoms with E-state index in [0.29, 0.717) is 13.0 Å². The molecule has 4 nitrogen and oxygen atoms in total. The van der Waals surface area contributed by atoms with E-state index in [9.17, 15) is 4.79 Å². The fourth-order valence-electron chi connectivity index (χ4n) is 4.86. The molecule has 0 radical (unpaired) electrons. The standard InChI is InChI=1S/C13H18O4/c1-3-15-9-7-13-10-8(14)6-12(13,16-9)5-4-11(13,2)17-10/h9-10H,3-7H2,1-2H3/t9?,10-,11+,12-,13?/m0/s1. The maximum atomic E-state index is 12.0. The molecule has 5 atom stereocenters. The first-order chi connectivity index (χ1) is 8.07. The minimum absolute atomic E-state index is 0.0864. The predicted molar refractivity (Wildman–Crippen MR) is 58.4 cm³/mol. The van der Waals surface area contributed by atoms with Gasteiger partial charge < -0.3 is 14.2 Å². The van der Waals surface area contributed by atoms with E-state index in [0.717, 1.165) is 19.3 Å². The van der Waals surface area contributed by atoms with E-state index in [1.54, 1.807) is 0 Å². The summed E-state index contributed by atoms with van der Waals surface area (Å²) in [5.74, 6) is 0.233. The third kappa shape index (κ3) is 0.862. The van der Waals surface area contributed by atoms with Gasteiger partial charge in [-0.1, -0.05) is 0 Å². The number of rotatable bonds is 2. The predicted octanol–water partition coefficient (Wildman–Crippen LogP) is 1.42. The molecule has 2 saturated carbocycles. The van der Waals surface area contributed by atoms with Crippen molar-refractivity contribution in [3.05, 3.63) is 0 Å². The van der Waals surface area contributed by atoms with Gasteiger partial charge in [0.15, 0.2) is 12.1 Å². The Hall–Kier alpha value is -0.450. The first-order valence-electron chi connectivity index (χ1n) is 6.57. The Kier molecular flexibility index (Phi) is 1.70. The van der Waals surface area contributed by atoms with Gasteiger partial charge in [0.25, 0.3) is 0 Å². The minimum atomic E-state index is -0.276. The molecule has 2 heterocycles. The molecule has 1 spiro atoms. The Bertz CT molecular complexity index is 408. The number of ketones is 1. The van der Waals surface area contributed by atoms with Gasteiger partial charge in [0, 0.05) is 19.4 Å². The highest BCUT2D eigenvalue weighted by atomic mass is 16.7. The van der Waals surface area contributed by atoms with Gasteiger partial charge in [0.05, 0.1) is 16.6 Å². The average molecular weight is 238 g/mol. The molecule has 2 unspecified atom stereocenters. The fraction of sp³-hybridized carbons (Fsp3) is 0.923. The van der Waals surface area contributed by atoms with Gasteiger partial charge in [0.2, 0.25) is 0 Å². The van der Waals surface area contributed by atoms with Crippen LogP contribution in [0.4, 0.5) is 0 Å². The maximum Gasteiger partial charge on any atom is 0.165 e. The van der Waals surface area contributed by atoms with Crippen LogP contribution in [0.15, 0.2) is 0 Å². The minimum Gasteiger partial charge on any atom is -0.363 e. The van der Waals surface area contributed by atoms with Crippen molar-refractivity contribution in [2.45, 2.75) is 63.1 Å². The summed E-state index contributed by atoms with van der Waals surface area (Å²) in [6.07, 6.45) is 2.94. The molecule has 2 aliphatic carbocycles. The van der Waals surface area contributed by atoms with Crippen LogP contribution < -0.4 is 0 Å². The maximum absolute atomic E-state index is 12.0. The van der Waals surface area contributed by atoms with Crippen molar-refractivity contribution < 1.29 is 19.0 Å².